The topological polar surface area (TPSA) is 59.8 Å². The number of aromatic nitrogens is 3. The van der Waals surface area contributed by atoms with Gasteiger partial charge in [-0.05, 0) is 43.5 Å². The van der Waals surface area contributed by atoms with Crippen molar-refractivity contribution in [1.29, 1.82) is 0 Å². The molecule has 2 aromatic carbocycles. The Labute approximate surface area is 164 Å². The lowest BCUT2D eigenvalue weighted by atomic mass is 10.1. The lowest BCUT2D eigenvalue weighted by Gasteiger charge is -2.13. The van der Waals surface area contributed by atoms with Crippen LogP contribution < -0.4 is 5.32 Å². The summed E-state index contributed by atoms with van der Waals surface area (Å²) >= 11 is 1.25. The van der Waals surface area contributed by atoms with E-state index in [0.717, 1.165) is 17.7 Å². The SMILES string of the molecule is CSc1nnc(CNC(=O)c2cccc(C)c2)n1-c1cccc(C(F)(F)F)c1. The van der Waals surface area contributed by atoms with Crippen LogP contribution in [-0.4, -0.2) is 26.9 Å². The van der Waals surface area contributed by atoms with Crippen LogP contribution in [0.4, 0.5) is 13.2 Å². The fourth-order valence-corrected chi connectivity index (χ4v) is 3.19. The van der Waals surface area contributed by atoms with Crippen LogP contribution in [0.15, 0.2) is 53.7 Å². The third kappa shape index (κ3) is 4.36. The van der Waals surface area contributed by atoms with E-state index in [2.05, 4.69) is 15.5 Å². The summed E-state index contributed by atoms with van der Waals surface area (Å²) in [6.07, 6.45) is -2.70. The van der Waals surface area contributed by atoms with E-state index in [1.165, 1.54) is 22.4 Å². The summed E-state index contributed by atoms with van der Waals surface area (Å²) < 4.78 is 40.7. The largest absolute Gasteiger partial charge is 0.416 e. The number of nitrogens with one attached hydrogen (secondary N) is 1. The Kier molecular flexibility index (Phi) is 5.73. The number of benzene rings is 2. The maximum absolute atomic E-state index is 13.1. The van der Waals surface area contributed by atoms with E-state index < -0.39 is 11.7 Å². The van der Waals surface area contributed by atoms with E-state index in [4.69, 9.17) is 0 Å². The number of amides is 1. The monoisotopic (exact) mass is 406 g/mol. The van der Waals surface area contributed by atoms with Crippen LogP contribution in [0.5, 0.6) is 0 Å². The molecule has 28 heavy (non-hydrogen) atoms. The highest BCUT2D eigenvalue weighted by Gasteiger charge is 2.31. The number of hydrogen-bond donors (Lipinski definition) is 1. The molecule has 146 valence electrons. The lowest BCUT2D eigenvalue weighted by molar-refractivity contribution is -0.137. The Bertz CT molecular complexity index is 1000. The van der Waals surface area contributed by atoms with Crippen molar-refractivity contribution < 1.29 is 18.0 Å². The zero-order valence-corrected chi connectivity index (χ0v) is 15.9. The van der Waals surface area contributed by atoms with Gasteiger partial charge in [-0.2, -0.15) is 13.2 Å². The van der Waals surface area contributed by atoms with Crippen LogP contribution in [0.3, 0.4) is 0 Å². The Hall–Kier alpha value is -2.81. The van der Waals surface area contributed by atoms with Crippen molar-refractivity contribution in [3.63, 3.8) is 0 Å². The normalized spacial score (nSPS) is 11.5. The van der Waals surface area contributed by atoms with Gasteiger partial charge in [0.15, 0.2) is 11.0 Å². The van der Waals surface area contributed by atoms with Gasteiger partial charge in [0.1, 0.15) is 0 Å². The maximum atomic E-state index is 13.1. The van der Waals surface area contributed by atoms with Gasteiger partial charge in [-0.3, -0.25) is 9.36 Å². The van der Waals surface area contributed by atoms with E-state index in [-0.39, 0.29) is 18.1 Å². The van der Waals surface area contributed by atoms with Gasteiger partial charge in [-0.25, -0.2) is 0 Å². The van der Waals surface area contributed by atoms with E-state index in [1.54, 1.807) is 30.5 Å². The molecule has 1 amide bonds. The van der Waals surface area contributed by atoms with Crippen molar-refractivity contribution in [1.82, 2.24) is 20.1 Å². The number of carbonyl (C=O) groups is 1. The van der Waals surface area contributed by atoms with Crippen molar-refractivity contribution in [2.24, 2.45) is 0 Å². The summed E-state index contributed by atoms with van der Waals surface area (Å²) in [6.45, 7) is 1.91. The molecular weight excluding hydrogens is 389 g/mol. The summed E-state index contributed by atoms with van der Waals surface area (Å²) in [6, 6.07) is 12.0. The van der Waals surface area contributed by atoms with E-state index in [9.17, 15) is 18.0 Å². The molecule has 3 rings (SSSR count). The molecule has 0 spiro atoms. The van der Waals surface area contributed by atoms with Gasteiger partial charge >= 0.3 is 6.18 Å². The fraction of sp³-hybridized carbons (Fsp3) is 0.211. The Balaban J connectivity index is 1.88. The Morgan fingerprint density at radius 3 is 2.57 bits per heavy atom. The van der Waals surface area contributed by atoms with Crippen LogP contribution in [0.2, 0.25) is 0 Å². The molecule has 0 bridgehead atoms. The van der Waals surface area contributed by atoms with Gasteiger partial charge in [0, 0.05) is 5.56 Å². The molecule has 1 heterocycles. The molecule has 0 aliphatic rings. The van der Waals surface area contributed by atoms with E-state index in [0.29, 0.717) is 16.5 Å². The van der Waals surface area contributed by atoms with Crippen LogP contribution >= 0.6 is 11.8 Å². The maximum Gasteiger partial charge on any atom is 0.416 e. The van der Waals surface area contributed by atoms with Crippen molar-refractivity contribution >= 4 is 17.7 Å². The van der Waals surface area contributed by atoms with Crippen LogP contribution in [0, 0.1) is 6.92 Å². The molecule has 0 saturated carbocycles. The van der Waals surface area contributed by atoms with Crippen LogP contribution in [-0.2, 0) is 12.7 Å². The number of carbonyl (C=O) groups excluding carboxylic acids is 1. The number of aryl methyl sites for hydroxylation is 1. The first-order chi connectivity index (χ1) is 13.3. The van der Waals surface area contributed by atoms with Gasteiger partial charge < -0.3 is 5.32 Å². The summed E-state index contributed by atoms with van der Waals surface area (Å²) in [4.78, 5) is 12.4. The van der Waals surface area contributed by atoms with Gasteiger partial charge in [-0.15, -0.1) is 10.2 Å². The first-order valence-corrected chi connectivity index (χ1v) is 9.53. The Morgan fingerprint density at radius 1 is 1.14 bits per heavy atom. The Morgan fingerprint density at radius 2 is 1.89 bits per heavy atom. The molecule has 9 heteroatoms. The first kappa shape index (κ1) is 19.9. The van der Waals surface area contributed by atoms with Crippen molar-refractivity contribution in [2.75, 3.05) is 6.26 Å². The van der Waals surface area contributed by atoms with Crippen molar-refractivity contribution in [3.05, 3.63) is 71.0 Å². The summed E-state index contributed by atoms with van der Waals surface area (Å²) in [5.74, 6) is 0.0395. The third-order valence-electron chi connectivity index (χ3n) is 4.00. The van der Waals surface area contributed by atoms with Gasteiger partial charge in [0.05, 0.1) is 17.8 Å². The van der Waals surface area contributed by atoms with E-state index in [1.807, 2.05) is 13.0 Å². The number of hydrogen-bond acceptors (Lipinski definition) is 4. The number of thioether (sulfide) groups is 1. The highest BCUT2D eigenvalue weighted by atomic mass is 32.2. The average Bonchev–Trinajstić information content (AvgIpc) is 3.08. The highest BCUT2D eigenvalue weighted by molar-refractivity contribution is 7.98. The second-order valence-electron chi connectivity index (χ2n) is 6.04. The standard InChI is InChI=1S/C19H17F3N4OS/c1-12-5-3-6-13(9-12)17(27)23-11-16-24-25-18(28-2)26(16)15-8-4-7-14(10-15)19(20,21)22/h3-10H,11H2,1-2H3,(H,23,27). The van der Waals surface area contributed by atoms with Crippen LogP contribution in [0.1, 0.15) is 27.3 Å². The number of alkyl halides is 3. The fourth-order valence-electron chi connectivity index (χ4n) is 2.68. The first-order valence-electron chi connectivity index (χ1n) is 8.30. The molecule has 1 N–H and O–H groups in total. The minimum Gasteiger partial charge on any atom is -0.345 e. The predicted octanol–water partition coefficient (Wildman–Crippen LogP) is 4.25. The summed E-state index contributed by atoms with van der Waals surface area (Å²) in [5, 5.41) is 11.2. The second-order valence-corrected chi connectivity index (χ2v) is 6.81. The van der Waals surface area contributed by atoms with Crippen molar-refractivity contribution in [2.45, 2.75) is 24.8 Å². The molecule has 1 aromatic heterocycles. The highest BCUT2D eigenvalue weighted by Crippen LogP contribution is 2.31. The molecular formula is C19H17F3N4OS. The minimum atomic E-state index is -4.46. The summed E-state index contributed by atoms with van der Waals surface area (Å²) in [7, 11) is 0. The second kappa shape index (κ2) is 8.05. The van der Waals surface area contributed by atoms with Gasteiger partial charge in [-0.1, -0.05) is 35.5 Å². The molecule has 3 aromatic rings. The molecule has 0 aliphatic carbocycles. The van der Waals surface area contributed by atoms with Crippen LogP contribution in [0.25, 0.3) is 5.69 Å². The number of rotatable bonds is 5. The lowest BCUT2D eigenvalue weighted by Crippen LogP contribution is -2.24. The average molecular weight is 406 g/mol. The quantitative estimate of drug-likeness (QED) is 0.644. The zero-order chi connectivity index (χ0) is 20.3. The molecule has 0 aliphatic heterocycles. The number of nitrogens with zero attached hydrogens (tertiary/aromatic N) is 3. The number of halogens is 3. The molecule has 0 radical (unpaired) electrons. The van der Waals surface area contributed by atoms with Gasteiger partial charge in [0.25, 0.3) is 5.91 Å². The van der Waals surface area contributed by atoms with E-state index >= 15 is 0 Å². The zero-order valence-electron chi connectivity index (χ0n) is 15.1. The summed E-state index contributed by atoms with van der Waals surface area (Å²) in [5.41, 5.74) is 0.962. The molecule has 0 atom stereocenters. The molecule has 5 nitrogen and oxygen atoms in total. The van der Waals surface area contributed by atoms with Crippen molar-refractivity contribution in [3.8, 4) is 5.69 Å². The third-order valence-corrected chi connectivity index (χ3v) is 4.63. The molecule has 0 unspecified atom stereocenters. The smallest absolute Gasteiger partial charge is 0.345 e. The molecule has 0 saturated heterocycles. The molecule has 0 fully saturated rings. The minimum absolute atomic E-state index is 0.0244. The van der Waals surface area contributed by atoms with Gasteiger partial charge in [0.2, 0.25) is 0 Å². The predicted molar refractivity (Wildman–Crippen MR) is 100 cm³/mol.